The number of rotatable bonds is 6. The van der Waals surface area contributed by atoms with Crippen molar-refractivity contribution in [3.63, 3.8) is 0 Å². The van der Waals surface area contributed by atoms with Crippen LogP contribution in [-0.2, 0) is 14.8 Å². The second-order valence-electron chi connectivity index (χ2n) is 6.63. The first-order valence-corrected chi connectivity index (χ1v) is 10.3. The summed E-state index contributed by atoms with van der Waals surface area (Å²) in [5, 5.41) is 0. The molecule has 1 N–H and O–H groups in total. The zero-order valence-electron chi connectivity index (χ0n) is 15.8. The molecule has 1 aliphatic rings. The van der Waals surface area contributed by atoms with Gasteiger partial charge in [-0.25, -0.2) is 13.4 Å². The average molecular weight is 437 g/mol. The Balaban J connectivity index is 2.17. The topological polar surface area (TPSA) is 78.8 Å². The first-order chi connectivity index (χ1) is 14.0. The maximum Gasteiger partial charge on any atom is 0.437 e. The third-order valence-electron chi connectivity index (χ3n) is 4.45. The number of sulfonamides is 1. The second kappa shape index (κ2) is 7.69. The van der Waals surface area contributed by atoms with E-state index in [9.17, 15) is 26.4 Å². The van der Waals surface area contributed by atoms with Crippen LogP contribution in [0.15, 0.2) is 77.1 Å². The number of hydrogen-bond acceptors (Lipinski definition) is 4. The van der Waals surface area contributed by atoms with Crippen LogP contribution in [0, 0.1) is 6.92 Å². The van der Waals surface area contributed by atoms with Crippen LogP contribution >= 0.6 is 0 Å². The maximum atomic E-state index is 14.2. The summed E-state index contributed by atoms with van der Waals surface area (Å²) in [5.74, 6) is -1.85. The van der Waals surface area contributed by atoms with E-state index in [1.54, 1.807) is 25.1 Å². The van der Waals surface area contributed by atoms with E-state index in [0.29, 0.717) is 0 Å². The summed E-state index contributed by atoms with van der Waals surface area (Å²) in [6.07, 6.45) is -4.10. The molecule has 2 aromatic carbocycles. The lowest BCUT2D eigenvalue weighted by molar-refractivity contribution is -0.194. The van der Waals surface area contributed by atoms with E-state index in [1.165, 1.54) is 35.1 Å². The van der Waals surface area contributed by atoms with Crippen LogP contribution in [0.1, 0.15) is 11.1 Å². The predicted molar refractivity (Wildman–Crippen MR) is 105 cm³/mol. The number of nitrogens with zero attached hydrogens (tertiary/aromatic N) is 2. The number of hydrogen-bond donors (Lipinski definition) is 1. The molecule has 30 heavy (non-hydrogen) atoms. The van der Waals surface area contributed by atoms with Crippen molar-refractivity contribution in [3.8, 4) is 0 Å². The summed E-state index contributed by atoms with van der Waals surface area (Å²) in [5.41, 5.74) is -2.74. The fraction of sp³-hybridized carbons (Fsp3) is 0.200. The van der Waals surface area contributed by atoms with Gasteiger partial charge in [-0.1, -0.05) is 54.1 Å². The maximum absolute atomic E-state index is 14.2. The minimum Gasteiger partial charge on any atom is -0.289 e. The molecule has 0 radical (unpaired) electrons. The lowest BCUT2D eigenvalue weighted by Gasteiger charge is -2.28. The Labute approximate surface area is 171 Å². The Morgan fingerprint density at radius 3 is 2.27 bits per heavy atom. The number of amidine groups is 1. The van der Waals surface area contributed by atoms with Gasteiger partial charge >= 0.3 is 11.8 Å². The van der Waals surface area contributed by atoms with Gasteiger partial charge in [0.15, 0.2) is 0 Å². The van der Waals surface area contributed by atoms with Crippen LogP contribution in [-0.4, -0.2) is 43.4 Å². The van der Waals surface area contributed by atoms with Gasteiger partial charge in [-0.3, -0.25) is 9.69 Å². The average Bonchev–Trinajstić information content (AvgIpc) is 2.96. The number of amides is 1. The zero-order valence-corrected chi connectivity index (χ0v) is 16.7. The van der Waals surface area contributed by atoms with E-state index < -0.39 is 32.7 Å². The molecule has 1 atom stereocenters. The molecular weight excluding hydrogens is 419 g/mol. The minimum atomic E-state index is -5.34. The molecule has 1 unspecified atom stereocenters. The molecule has 6 nitrogen and oxygen atoms in total. The van der Waals surface area contributed by atoms with Gasteiger partial charge in [0.2, 0.25) is 10.0 Å². The molecule has 10 heteroatoms. The Kier molecular flexibility index (Phi) is 5.57. The summed E-state index contributed by atoms with van der Waals surface area (Å²) in [6.45, 7) is 4.88. The highest BCUT2D eigenvalue weighted by Gasteiger charge is 2.67. The van der Waals surface area contributed by atoms with Gasteiger partial charge in [-0.05, 0) is 19.1 Å². The van der Waals surface area contributed by atoms with Crippen molar-refractivity contribution >= 4 is 21.8 Å². The quantitative estimate of drug-likeness (QED) is 0.706. The molecule has 0 bridgehead atoms. The number of aliphatic imine (C=N–C) groups is 1. The first kappa shape index (κ1) is 21.7. The molecule has 3 rings (SSSR count). The summed E-state index contributed by atoms with van der Waals surface area (Å²) < 4.78 is 69.5. The van der Waals surface area contributed by atoms with Crippen molar-refractivity contribution in [1.29, 1.82) is 0 Å². The first-order valence-electron chi connectivity index (χ1n) is 8.77. The molecule has 1 amide bonds. The number of nitrogens with one attached hydrogen (secondary N) is 1. The zero-order chi connectivity index (χ0) is 22.2. The van der Waals surface area contributed by atoms with E-state index in [2.05, 4.69) is 11.6 Å². The Morgan fingerprint density at radius 2 is 1.73 bits per heavy atom. The SMILES string of the molecule is C=CCN1C(=O)C(NS(=O)(=O)c2ccc(C)cc2)(C(F)(F)F)N=C1c1ccccc1. The molecule has 0 aliphatic carbocycles. The molecule has 0 fully saturated rings. The fourth-order valence-electron chi connectivity index (χ4n) is 2.94. The number of benzene rings is 2. The van der Waals surface area contributed by atoms with Crippen molar-refractivity contribution in [3.05, 3.63) is 78.4 Å². The second-order valence-corrected chi connectivity index (χ2v) is 8.31. The van der Waals surface area contributed by atoms with Crippen molar-refractivity contribution < 1.29 is 26.4 Å². The van der Waals surface area contributed by atoms with Crippen LogP contribution in [0.4, 0.5) is 13.2 Å². The van der Waals surface area contributed by atoms with Gasteiger partial charge in [0.1, 0.15) is 5.84 Å². The Hall–Kier alpha value is -2.98. The van der Waals surface area contributed by atoms with Gasteiger partial charge < -0.3 is 0 Å². The van der Waals surface area contributed by atoms with Gasteiger partial charge in [0, 0.05) is 12.1 Å². The lowest BCUT2D eigenvalue weighted by atomic mass is 10.1. The van der Waals surface area contributed by atoms with E-state index in [-0.39, 0.29) is 17.9 Å². The van der Waals surface area contributed by atoms with E-state index >= 15 is 0 Å². The van der Waals surface area contributed by atoms with Crippen LogP contribution in [0.3, 0.4) is 0 Å². The van der Waals surface area contributed by atoms with Gasteiger partial charge in [-0.15, -0.1) is 6.58 Å². The van der Waals surface area contributed by atoms with Crippen molar-refractivity contribution in [2.24, 2.45) is 4.99 Å². The summed E-state index contributed by atoms with van der Waals surface area (Å²) >= 11 is 0. The fourth-order valence-corrected chi connectivity index (χ4v) is 4.19. The monoisotopic (exact) mass is 437 g/mol. The molecular formula is C20H18F3N3O3S. The van der Waals surface area contributed by atoms with Crippen LogP contribution in [0.5, 0.6) is 0 Å². The number of aryl methyl sites for hydroxylation is 1. The lowest BCUT2D eigenvalue weighted by Crippen LogP contribution is -2.63. The van der Waals surface area contributed by atoms with Crippen molar-refractivity contribution in [2.45, 2.75) is 23.7 Å². The Morgan fingerprint density at radius 1 is 1.13 bits per heavy atom. The number of carbonyl (C=O) groups is 1. The third-order valence-corrected chi connectivity index (χ3v) is 5.91. The normalized spacial score (nSPS) is 19.7. The van der Waals surface area contributed by atoms with Crippen molar-refractivity contribution in [2.75, 3.05) is 6.54 Å². The van der Waals surface area contributed by atoms with Gasteiger partial charge in [0.05, 0.1) is 4.90 Å². The summed E-state index contributed by atoms with van der Waals surface area (Å²) in [6, 6.07) is 12.9. The standard InChI is InChI=1S/C20H18F3N3O3S/c1-3-13-26-17(15-7-5-4-6-8-15)24-19(18(26)27,20(21,22)23)25-30(28,29)16-11-9-14(2)10-12-16/h3-12,25H,1,13H2,2H3. The van der Waals surface area contributed by atoms with Crippen LogP contribution in [0.25, 0.3) is 0 Å². The molecule has 2 aromatic rings. The molecule has 1 heterocycles. The van der Waals surface area contributed by atoms with E-state index in [1.807, 2.05) is 0 Å². The molecule has 0 saturated carbocycles. The molecule has 0 spiro atoms. The van der Waals surface area contributed by atoms with E-state index in [0.717, 1.165) is 22.6 Å². The van der Waals surface area contributed by atoms with Gasteiger partial charge in [0.25, 0.3) is 5.91 Å². The smallest absolute Gasteiger partial charge is 0.289 e. The highest BCUT2D eigenvalue weighted by molar-refractivity contribution is 7.89. The van der Waals surface area contributed by atoms with Crippen LogP contribution < -0.4 is 4.72 Å². The summed E-state index contributed by atoms with van der Waals surface area (Å²) in [4.78, 5) is 16.9. The third kappa shape index (κ3) is 3.75. The molecule has 1 aliphatic heterocycles. The number of alkyl halides is 3. The van der Waals surface area contributed by atoms with Crippen LogP contribution in [0.2, 0.25) is 0 Å². The number of halogens is 3. The van der Waals surface area contributed by atoms with Gasteiger partial charge in [-0.2, -0.15) is 17.9 Å². The number of carbonyl (C=O) groups excluding carboxylic acids is 1. The Bertz CT molecular complexity index is 1100. The minimum absolute atomic E-state index is 0.230. The summed E-state index contributed by atoms with van der Waals surface area (Å²) in [7, 11) is -4.73. The molecule has 158 valence electrons. The predicted octanol–water partition coefficient (Wildman–Crippen LogP) is 3.01. The van der Waals surface area contributed by atoms with Crippen molar-refractivity contribution in [1.82, 2.24) is 9.62 Å². The molecule has 0 saturated heterocycles. The molecule has 0 aromatic heterocycles. The largest absolute Gasteiger partial charge is 0.437 e. The van der Waals surface area contributed by atoms with E-state index in [4.69, 9.17) is 0 Å². The highest BCUT2D eigenvalue weighted by atomic mass is 32.2. The highest BCUT2D eigenvalue weighted by Crippen LogP contribution is 2.39.